The van der Waals surface area contributed by atoms with Crippen LogP contribution in [0.3, 0.4) is 0 Å². The molecule has 0 aliphatic heterocycles. The molecule has 0 spiro atoms. The zero-order chi connectivity index (χ0) is 20.6. The minimum absolute atomic E-state index is 0.0594. The molecule has 4 saturated carbocycles. The number of nitrogens with one attached hydrogen (secondary N) is 1. The number of H-pyrrole nitrogens is 1. The van der Waals surface area contributed by atoms with Crippen molar-refractivity contribution in [1.82, 2.24) is 4.98 Å². The van der Waals surface area contributed by atoms with Crippen molar-refractivity contribution in [2.24, 2.45) is 29.6 Å². The van der Waals surface area contributed by atoms with Gasteiger partial charge in [0.2, 0.25) is 0 Å². The number of aromatic nitrogens is 1. The molecule has 1 aromatic carbocycles. The molecule has 4 aliphatic rings. The Kier molecular flexibility index (Phi) is 4.29. The van der Waals surface area contributed by atoms with Crippen LogP contribution in [-0.2, 0) is 6.42 Å². The van der Waals surface area contributed by atoms with E-state index in [2.05, 4.69) is 35.8 Å². The predicted molar refractivity (Wildman–Crippen MR) is 114 cm³/mol. The number of allylic oxidation sites excluding steroid dienone is 1. The third kappa shape index (κ3) is 2.83. The first-order chi connectivity index (χ1) is 13.7. The highest BCUT2D eigenvalue weighted by Crippen LogP contribution is 2.61. The van der Waals surface area contributed by atoms with E-state index in [1.807, 2.05) is 13.0 Å². The van der Waals surface area contributed by atoms with Crippen LogP contribution in [0.5, 0.6) is 0 Å². The van der Waals surface area contributed by atoms with E-state index in [0.29, 0.717) is 6.42 Å². The van der Waals surface area contributed by atoms with Gasteiger partial charge in [-0.3, -0.25) is 0 Å². The van der Waals surface area contributed by atoms with Gasteiger partial charge in [0.15, 0.2) is 0 Å². The maximum atomic E-state index is 11.5. The summed E-state index contributed by atoms with van der Waals surface area (Å²) in [5.41, 5.74) is 1.48. The zero-order valence-corrected chi connectivity index (χ0v) is 17.4. The minimum Gasteiger partial charge on any atom is -0.390 e. The van der Waals surface area contributed by atoms with Crippen LogP contribution in [0.2, 0.25) is 0 Å². The van der Waals surface area contributed by atoms with Crippen LogP contribution in [0.1, 0.15) is 45.2 Å². The number of fused-ring (bicyclic) bond motifs is 3. The summed E-state index contributed by atoms with van der Waals surface area (Å²) in [5.74, 6) is 0.562. The molecule has 4 fully saturated rings. The van der Waals surface area contributed by atoms with Crippen molar-refractivity contribution in [2.45, 2.75) is 63.3 Å². The molecular formula is C25H33NO3. The van der Waals surface area contributed by atoms with Gasteiger partial charge >= 0.3 is 0 Å². The molecule has 8 atom stereocenters. The summed E-state index contributed by atoms with van der Waals surface area (Å²) in [4.78, 5) is 3.51. The third-order valence-corrected chi connectivity index (χ3v) is 8.73. The molecule has 0 saturated heterocycles. The molecule has 4 aliphatic carbocycles. The fourth-order valence-electron chi connectivity index (χ4n) is 7.12. The van der Waals surface area contributed by atoms with Crippen molar-refractivity contribution in [3.8, 4) is 0 Å². The second kappa shape index (κ2) is 6.44. The van der Waals surface area contributed by atoms with E-state index in [0.717, 1.165) is 36.9 Å². The van der Waals surface area contributed by atoms with E-state index >= 15 is 0 Å². The summed E-state index contributed by atoms with van der Waals surface area (Å²) >= 11 is 0. The molecule has 29 heavy (non-hydrogen) atoms. The summed E-state index contributed by atoms with van der Waals surface area (Å²) in [7, 11) is 0. The summed E-state index contributed by atoms with van der Waals surface area (Å²) in [5, 5.41) is 34.5. The molecule has 6 rings (SSSR count). The van der Waals surface area contributed by atoms with Crippen LogP contribution in [0, 0.1) is 29.6 Å². The van der Waals surface area contributed by atoms with Gasteiger partial charge in [-0.2, -0.15) is 0 Å². The van der Waals surface area contributed by atoms with E-state index < -0.39 is 17.3 Å². The molecule has 0 radical (unpaired) electrons. The summed E-state index contributed by atoms with van der Waals surface area (Å²) in [6.45, 7) is 8.20. The lowest BCUT2D eigenvalue weighted by Crippen LogP contribution is -2.47. The smallest absolute Gasteiger partial charge is 0.0912 e. The van der Waals surface area contributed by atoms with Crippen LogP contribution in [0.15, 0.2) is 42.5 Å². The Balaban J connectivity index is 1.47. The van der Waals surface area contributed by atoms with Gasteiger partial charge in [0.05, 0.1) is 17.3 Å². The average Bonchev–Trinajstić information content (AvgIpc) is 3.13. The average molecular weight is 396 g/mol. The van der Waals surface area contributed by atoms with E-state index in [4.69, 9.17) is 0 Å². The van der Waals surface area contributed by atoms with Crippen LogP contribution < -0.4 is 0 Å². The zero-order valence-electron chi connectivity index (χ0n) is 17.4. The lowest BCUT2D eigenvalue weighted by Gasteiger charge is -2.41. The third-order valence-electron chi connectivity index (χ3n) is 8.73. The molecule has 8 unspecified atom stereocenters. The van der Waals surface area contributed by atoms with Crippen LogP contribution in [0.4, 0.5) is 0 Å². The van der Waals surface area contributed by atoms with Crippen molar-refractivity contribution in [1.29, 1.82) is 0 Å². The van der Waals surface area contributed by atoms with Gasteiger partial charge < -0.3 is 20.3 Å². The van der Waals surface area contributed by atoms with Crippen molar-refractivity contribution >= 4 is 10.9 Å². The lowest BCUT2D eigenvalue weighted by molar-refractivity contribution is -0.0976. The molecule has 4 N–H and O–H groups in total. The highest BCUT2D eigenvalue weighted by atomic mass is 16.3. The molecular weight excluding hydrogens is 362 g/mol. The molecule has 156 valence electrons. The lowest BCUT2D eigenvalue weighted by atomic mass is 9.65. The molecule has 0 amide bonds. The van der Waals surface area contributed by atoms with Crippen molar-refractivity contribution in [2.75, 3.05) is 0 Å². The fraction of sp³-hybridized carbons (Fsp3) is 0.600. The Morgan fingerprint density at radius 2 is 1.90 bits per heavy atom. The molecule has 4 nitrogen and oxygen atoms in total. The van der Waals surface area contributed by atoms with Crippen molar-refractivity contribution in [3.05, 3.63) is 48.2 Å². The van der Waals surface area contributed by atoms with Gasteiger partial charge in [-0.15, -0.1) is 0 Å². The largest absolute Gasteiger partial charge is 0.390 e. The van der Waals surface area contributed by atoms with Gasteiger partial charge in [0.25, 0.3) is 0 Å². The second-order valence-corrected chi connectivity index (χ2v) is 10.3. The Labute approximate surface area is 172 Å². The maximum Gasteiger partial charge on any atom is 0.0912 e. The van der Waals surface area contributed by atoms with E-state index in [1.165, 1.54) is 11.0 Å². The first-order valence-corrected chi connectivity index (χ1v) is 11.1. The number of benzene rings is 1. The number of aliphatic hydroxyl groups is 3. The standard InChI is InChI=1S/C25H33NO3/c1-14(10-17-11-15-6-4-5-7-21(15)26-17)19-12-16-8-9-18(19)23-20(24(16,2)28)13-22(27)25(23,3)29/h4-7,11,16,18-20,22-23,26-29H,1,8-10,12-13H2,2-3H3. The molecule has 4 heteroatoms. The number of hydrogen-bond donors (Lipinski definition) is 4. The normalized spacial score (nSPS) is 44.0. The highest BCUT2D eigenvalue weighted by molar-refractivity contribution is 5.80. The Hall–Kier alpha value is -1.62. The first-order valence-electron chi connectivity index (χ1n) is 11.1. The fourth-order valence-corrected chi connectivity index (χ4v) is 7.12. The number of rotatable bonds is 3. The van der Waals surface area contributed by atoms with Crippen molar-refractivity contribution in [3.63, 3.8) is 0 Å². The summed E-state index contributed by atoms with van der Waals surface area (Å²) in [6, 6.07) is 10.5. The van der Waals surface area contributed by atoms with E-state index in [1.54, 1.807) is 6.92 Å². The van der Waals surface area contributed by atoms with Crippen LogP contribution >= 0.6 is 0 Å². The number of aromatic amines is 1. The van der Waals surface area contributed by atoms with E-state index in [-0.39, 0.29) is 29.6 Å². The minimum atomic E-state index is -1.15. The SMILES string of the molecule is C=C(Cc1cc2ccccc2[nH]1)C1CC2CCC1C1C(CC(O)C1(C)O)C2(C)O. The molecule has 1 aromatic heterocycles. The topological polar surface area (TPSA) is 76.5 Å². The van der Waals surface area contributed by atoms with Gasteiger partial charge in [0, 0.05) is 17.6 Å². The number of para-hydroxylation sites is 1. The van der Waals surface area contributed by atoms with Gasteiger partial charge in [-0.05, 0) is 86.6 Å². The van der Waals surface area contributed by atoms with Crippen LogP contribution in [-0.4, -0.2) is 37.6 Å². The van der Waals surface area contributed by atoms with E-state index in [9.17, 15) is 15.3 Å². The van der Waals surface area contributed by atoms with Crippen LogP contribution in [0.25, 0.3) is 10.9 Å². The predicted octanol–water partition coefficient (Wildman–Crippen LogP) is 3.81. The number of aliphatic hydroxyl groups excluding tert-OH is 1. The monoisotopic (exact) mass is 395 g/mol. The van der Waals surface area contributed by atoms with Gasteiger partial charge in [-0.25, -0.2) is 0 Å². The molecule has 2 aromatic rings. The van der Waals surface area contributed by atoms with Gasteiger partial charge in [-0.1, -0.05) is 30.4 Å². The highest BCUT2D eigenvalue weighted by Gasteiger charge is 2.64. The summed E-state index contributed by atoms with van der Waals surface area (Å²) < 4.78 is 0. The Bertz CT molecular complexity index is 909. The molecule has 2 bridgehead atoms. The quantitative estimate of drug-likeness (QED) is 0.597. The van der Waals surface area contributed by atoms with Gasteiger partial charge in [0.1, 0.15) is 0 Å². The Morgan fingerprint density at radius 3 is 2.66 bits per heavy atom. The second-order valence-electron chi connectivity index (χ2n) is 10.3. The first kappa shape index (κ1) is 19.3. The Morgan fingerprint density at radius 1 is 1.14 bits per heavy atom. The van der Waals surface area contributed by atoms with Crippen molar-refractivity contribution < 1.29 is 15.3 Å². The summed E-state index contributed by atoms with van der Waals surface area (Å²) in [6.07, 6.45) is 3.40. The maximum absolute atomic E-state index is 11.5. The molecule has 1 heterocycles. The number of hydrogen-bond acceptors (Lipinski definition) is 3.